The van der Waals surface area contributed by atoms with Crippen LogP contribution in [0.15, 0.2) is 21.6 Å². The zero-order valence-electron chi connectivity index (χ0n) is 8.95. The molecule has 0 atom stereocenters. The lowest BCUT2D eigenvalue weighted by Crippen LogP contribution is -2.11. The SMILES string of the molecule is Bc1c(Br)ccc(/N=C/N(C)C)c1C#N. The minimum atomic E-state index is 0.613. The van der Waals surface area contributed by atoms with Gasteiger partial charge in [-0.3, -0.25) is 0 Å². The predicted molar refractivity (Wildman–Crippen MR) is 68.9 cm³/mol. The second kappa shape index (κ2) is 4.99. The first-order valence-electron chi connectivity index (χ1n) is 4.46. The molecule has 5 heteroatoms. The minimum Gasteiger partial charge on any atom is -0.369 e. The fourth-order valence-corrected chi connectivity index (χ4v) is 1.43. The third kappa shape index (κ3) is 2.83. The minimum absolute atomic E-state index is 0.613. The van der Waals surface area contributed by atoms with Crippen molar-refractivity contribution in [2.75, 3.05) is 14.1 Å². The summed E-state index contributed by atoms with van der Waals surface area (Å²) in [6.45, 7) is 0. The van der Waals surface area contributed by atoms with Gasteiger partial charge in [0.05, 0.1) is 17.6 Å². The molecule has 76 valence electrons. The van der Waals surface area contributed by atoms with E-state index in [9.17, 15) is 0 Å². The summed E-state index contributed by atoms with van der Waals surface area (Å²) in [6, 6.07) is 5.90. The summed E-state index contributed by atoms with van der Waals surface area (Å²) in [5.41, 5.74) is 2.24. The number of hydrogen-bond acceptors (Lipinski definition) is 2. The summed E-state index contributed by atoms with van der Waals surface area (Å²) in [4.78, 5) is 6.07. The first-order chi connectivity index (χ1) is 7.06. The van der Waals surface area contributed by atoms with E-state index in [2.05, 4.69) is 27.0 Å². The molecule has 0 amide bonds. The van der Waals surface area contributed by atoms with Gasteiger partial charge in [0.2, 0.25) is 0 Å². The van der Waals surface area contributed by atoms with Gasteiger partial charge in [-0.1, -0.05) is 21.4 Å². The van der Waals surface area contributed by atoms with Gasteiger partial charge in [-0.15, -0.1) is 0 Å². The lowest BCUT2D eigenvalue weighted by molar-refractivity contribution is 0.643. The summed E-state index contributed by atoms with van der Waals surface area (Å²) >= 11 is 3.39. The van der Waals surface area contributed by atoms with Crippen LogP contribution in [0.2, 0.25) is 0 Å². The van der Waals surface area contributed by atoms with Gasteiger partial charge in [-0.25, -0.2) is 4.99 Å². The maximum atomic E-state index is 9.03. The van der Waals surface area contributed by atoms with E-state index in [0.717, 1.165) is 9.94 Å². The van der Waals surface area contributed by atoms with Crippen LogP contribution in [0.25, 0.3) is 0 Å². The fourth-order valence-electron chi connectivity index (χ4n) is 1.10. The normalized spacial score (nSPS) is 10.3. The van der Waals surface area contributed by atoms with Crippen LogP contribution in [0.1, 0.15) is 5.56 Å². The summed E-state index contributed by atoms with van der Waals surface area (Å²) in [7, 11) is 5.68. The molecule has 0 heterocycles. The monoisotopic (exact) mass is 263 g/mol. The predicted octanol–water partition coefficient (Wildman–Crippen LogP) is 0.801. The van der Waals surface area contributed by atoms with E-state index in [4.69, 9.17) is 5.26 Å². The second-order valence-corrected chi connectivity index (χ2v) is 4.24. The van der Waals surface area contributed by atoms with E-state index in [1.807, 2.05) is 39.0 Å². The summed E-state index contributed by atoms with van der Waals surface area (Å²) in [5.74, 6) is 0. The number of aliphatic imine (C=N–C) groups is 1. The molecular formula is C10H11BBrN3. The molecule has 0 aliphatic heterocycles. The van der Waals surface area contributed by atoms with Gasteiger partial charge in [0.25, 0.3) is 0 Å². The highest BCUT2D eigenvalue weighted by Gasteiger charge is 2.06. The van der Waals surface area contributed by atoms with E-state index in [0.29, 0.717) is 11.3 Å². The van der Waals surface area contributed by atoms with Crippen LogP contribution < -0.4 is 5.46 Å². The Morgan fingerprint density at radius 3 is 2.73 bits per heavy atom. The highest BCUT2D eigenvalue weighted by molar-refractivity contribution is 9.10. The van der Waals surface area contributed by atoms with Gasteiger partial charge in [-0.2, -0.15) is 5.26 Å². The lowest BCUT2D eigenvalue weighted by atomic mass is 9.90. The number of rotatable bonds is 2. The molecule has 0 fully saturated rings. The van der Waals surface area contributed by atoms with Gasteiger partial charge in [-0.05, 0) is 12.1 Å². The number of halogens is 1. The van der Waals surface area contributed by atoms with Crippen LogP contribution in [0, 0.1) is 11.3 Å². The molecule has 1 aromatic carbocycles. The molecule has 0 radical (unpaired) electrons. The van der Waals surface area contributed by atoms with Crippen LogP contribution in [0.5, 0.6) is 0 Å². The fraction of sp³-hybridized carbons (Fsp3) is 0.200. The number of benzene rings is 1. The number of nitriles is 1. The standard InChI is InChI=1S/C10H11BBrN3/c1-15(2)6-14-9-4-3-8(12)10(11)7(9)5-13/h3-4,6H,11H2,1-2H3/b14-6+. The zero-order chi connectivity index (χ0) is 11.4. The average molecular weight is 264 g/mol. The molecule has 1 rings (SSSR count). The Morgan fingerprint density at radius 1 is 1.53 bits per heavy atom. The van der Waals surface area contributed by atoms with Crippen molar-refractivity contribution in [3.05, 3.63) is 22.2 Å². The zero-order valence-corrected chi connectivity index (χ0v) is 10.5. The van der Waals surface area contributed by atoms with Crippen molar-refractivity contribution in [1.29, 1.82) is 5.26 Å². The third-order valence-electron chi connectivity index (χ3n) is 1.92. The topological polar surface area (TPSA) is 39.4 Å². The molecular weight excluding hydrogens is 253 g/mol. The van der Waals surface area contributed by atoms with Crippen LogP contribution >= 0.6 is 15.9 Å². The maximum absolute atomic E-state index is 9.03. The van der Waals surface area contributed by atoms with Crippen LogP contribution in [0.4, 0.5) is 5.69 Å². The molecule has 0 saturated heterocycles. The maximum Gasteiger partial charge on any atom is 0.142 e. The van der Waals surface area contributed by atoms with Crippen molar-refractivity contribution in [3.8, 4) is 6.07 Å². The molecule has 0 saturated carbocycles. The Kier molecular flexibility index (Phi) is 3.92. The van der Waals surface area contributed by atoms with E-state index >= 15 is 0 Å². The lowest BCUT2D eigenvalue weighted by Gasteiger charge is -2.06. The molecule has 0 N–H and O–H groups in total. The van der Waals surface area contributed by atoms with Gasteiger partial charge in [0, 0.05) is 18.6 Å². The van der Waals surface area contributed by atoms with Gasteiger partial charge >= 0.3 is 0 Å². The smallest absolute Gasteiger partial charge is 0.142 e. The summed E-state index contributed by atoms with van der Waals surface area (Å²) in [6.07, 6.45) is 1.68. The van der Waals surface area contributed by atoms with Crippen molar-refractivity contribution in [2.45, 2.75) is 0 Å². The van der Waals surface area contributed by atoms with Crippen molar-refractivity contribution >= 4 is 41.3 Å². The molecule has 3 nitrogen and oxygen atoms in total. The summed E-state index contributed by atoms with van der Waals surface area (Å²) in [5, 5.41) is 9.03. The van der Waals surface area contributed by atoms with E-state index < -0.39 is 0 Å². The van der Waals surface area contributed by atoms with Crippen LogP contribution in [-0.2, 0) is 0 Å². The highest BCUT2D eigenvalue weighted by Crippen LogP contribution is 2.19. The Bertz CT molecular complexity index is 435. The molecule has 0 bridgehead atoms. The third-order valence-corrected chi connectivity index (χ3v) is 2.78. The van der Waals surface area contributed by atoms with Crippen molar-refractivity contribution < 1.29 is 0 Å². The van der Waals surface area contributed by atoms with E-state index in [1.165, 1.54) is 0 Å². The molecule has 0 aromatic heterocycles. The Labute approximate surface area is 99.0 Å². The molecule has 1 aromatic rings. The Morgan fingerprint density at radius 2 is 2.20 bits per heavy atom. The van der Waals surface area contributed by atoms with Crippen LogP contribution in [-0.4, -0.2) is 33.2 Å². The quantitative estimate of drug-likeness (QED) is 0.450. The molecule has 0 spiro atoms. The van der Waals surface area contributed by atoms with Gasteiger partial charge in [0.1, 0.15) is 13.9 Å². The first kappa shape index (κ1) is 11.8. The molecule has 0 unspecified atom stereocenters. The van der Waals surface area contributed by atoms with Crippen LogP contribution in [0.3, 0.4) is 0 Å². The molecule has 0 aliphatic carbocycles. The van der Waals surface area contributed by atoms with Gasteiger partial charge < -0.3 is 4.90 Å². The first-order valence-corrected chi connectivity index (χ1v) is 5.25. The Hall–Kier alpha value is -1.28. The number of nitrogens with zero attached hydrogens (tertiary/aromatic N) is 3. The van der Waals surface area contributed by atoms with Crippen molar-refractivity contribution in [1.82, 2.24) is 4.90 Å². The highest BCUT2D eigenvalue weighted by atomic mass is 79.9. The van der Waals surface area contributed by atoms with Gasteiger partial charge in [0.15, 0.2) is 0 Å². The Balaban J connectivity index is 3.21. The van der Waals surface area contributed by atoms with E-state index in [-0.39, 0.29) is 0 Å². The van der Waals surface area contributed by atoms with E-state index in [1.54, 1.807) is 6.34 Å². The summed E-state index contributed by atoms with van der Waals surface area (Å²) < 4.78 is 0.933. The van der Waals surface area contributed by atoms with Crippen molar-refractivity contribution in [2.24, 2.45) is 4.99 Å². The molecule has 0 aliphatic rings. The number of hydrogen-bond donors (Lipinski definition) is 0. The van der Waals surface area contributed by atoms with Crippen molar-refractivity contribution in [3.63, 3.8) is 0 Å². The largest absolute Gasteiger partial charge is 0.369 e. The average Bonchev–Trinajstić information content (AvgIpc) is 2.19. The molecule has 15 heavy (non-hydrogen) atoms. The second-order valence-electron chi connectivity index (χ2n) is 3.39.